The Morgan fingerprint density at radius 3 is 2.75 bits per heavy atom. The lowest BCUT2D eigenvalue weighted by Crippen LogP contribution is -2.34. The van der Waals surface area contributed by atoms with E-state index in [2.05, 4.69) is 5.32 Å². The fourth-order valence-electron chi connectivity index (χ4n) is 1.99. The molecule has 0 aromatic rings. The average Bonchev–Trinajstić information content (AvgIpc) is 2.69. The Morgan fingerprint density at radius 2 is 2.12 bits per heavy atom. The van der Waals surface area contributed by atoms with E-state index in [-0.39, 0.29) is 17.9 Å². The van der Waals surface area contributed by atoms with E-state index < -0.39 is 0 Å². The molecule has 0 aromatic heterocycles. The highest BCUT2D eigenvalue weighted by molar-refractivity contribution is 6.17. The molecule has 0 aliphatic carbocycles. The molecule has 94 valence electrons. The first kappa shape index (κ1) is 13.8. The number of unbranched alkanes of at least 4 members (excludes halogenated alkanes) is 3. The van der Waals surface area contributed by atoms with E-state index in [4.69, 9.17) is 16.3 Å². The molecule has 3 nitrogen and oxygen atoms in total. The van der Waals surface area contributed by atoms with Gasteiger partial charge in [0.2, 0.25) is 5.91 Å². The van der Waals surface area contributed by atoms with E-state index in [1.807, 2.05) is 6.92 Å². The van der Waals surface area contributed by atoms with Crippen LogP contribution in [0.25, 0.3) is 0 Å². The Morgan fingerprint density at radius 1 is 1.38 bits per heavy atom. The van der Waals surface area contributed by atoms with Crippen LogP contribution < -0.4 is 5.32 Å². The second kappa shape index (κ2) is 7.91. The maximum Gasteiger partial charge on any atom is 0.225 e. The molecule has 1 saturated heterocycles. The van der Waals surface area contributed by atoms with Gasteiger partial charge in [-0.05, 0) is 26.2 Å². The molecule has 2 atom stereocenters. The number of amides is 1. The average molecular weight is 248 g/mol. The van der Waals surface area contributed by atoms with Crippen LogP contribution in [-0.4, -0.2) is 31.0 Å². The lowest BCUT2D eigenvalue weighted by atomic mass is 10.0. The van der Waals surface area contributed by atoms with Gasteiger partial charge in [-0.25, -0.2) is 0 Å². The molecular weight excluding hydrogens is 226 g/mol. The van der Waals surface area contributed by atoms with Crippen LogP contribution in [0.3, 0.4) is 0 Å². The first-order valence-electron chi connectivity index (χ1n) is 6.21. The van der Waals surface area contributed by atoms with E-state index in [0.717, 1.165) is 51.1 Å². The number of rotatable bonds is 7. The monoisotopic (exact) mass is 247 g/mol. The van der Waals surface area contributed by atoms with Crippen LogP contribution >= 0.6 is 11.6 Å². The van der Waals surface area contributed by atoms with Crippen molar-refractivity contribution < 1.29 is 9.53 Å². The summed E-state index contributed by atoms with van der Waals surface area (Å²) < 4.78 is 5.37. The predicted octanol–water partition coefficient (Wildman–Crippen LogP) is 2.33. The van der Waals surface area contributed by atoms with Crippen molar-refractivity contribution in [3.63, 3.8) is 0 Å². The summed E-state index contributed by atoms with van der Waals surface area (Å²) in [4.78, 5) is 11.7. The van der Waals surface area contributed by atoms with Gasteiger partial charge in [-0.2, -0.15) is 0 Å². The minimum atomic E-state index is 0.0582. The molecule has 1 fully saturated rings. The van der Waals surface area contributed by atoms with E-state index in [1.54, 1.807) is 0 Å². The number of halogens is 1. The molecule has 0 spiro atoms. The zero-order chi connectivity index (χ0) is 11.8. The van der Waals surface area contributed by atoms with Crippen molar-refractivity contribution >= 4 is 17.5 Å². The molecule has 1 aliphatic rings. The molecule has 0 aromatic carbocycles. The highest BCUT2D eigenvalue weighted by Gasteiger charge is 2.30. The van der Waals surface area contributed by atoms with Gasteiger partial charge in [0.1, 0.15) is 0 Å². The largest absolute Gasteiger partial charge is 0.378 e. The molecule has 0 saturated carbocycles. The third-order valence-electron chi connectivity index (χ3n) is 3.07. The van der Waals surface area contributed by atoms with Gasteiger partial charge in [0.15, 0.2) is 0 Å². The summed E-state index contributed by atoms with van der Waals surface area (Å²) >= 11 is 5.58. The number of alkyl halides is 1. The summed E-state index contributed by atoms with van der Waals surface area (Å²) in [7, 11) is 0. The highest BCUT2D eigenvalue weighted by Crippen LogP contribution is 2.20. The molecule has 1 rings (SSSR count). The van der Waals surface area contributed by atoms with Crippen LogP contribution in [0.4, 0.5) is 0 Å². The van der Waals surface area contributed by atoms with E-state index in [1.165, 1.54) is 0 Å². The van der Waals surface area contributed by atoms with Crippen molar-refractivity contribution in [1.29, 1.82) is 0 Å². The first-order chi connectivity index (χ1) is 7.75. The standard InChI is InChI=1S/C12H22ClNO2/c1-10-11(6-9-16-10)12(15)14-8-5-3-2-4-7-13/h10-11H,2-9H2,1H3,(H,14,15). The fourth-order valence-corrected chi connectivity index (χ4v) is 2.18. The van der Waals surface area contributed by atoms with Gasteiger partial charge >= 0.3 is 0 Å². The molecule has 0 bridgehead atoms. The van der Waals surface area contributed by atoms with Gasteiger partial charge in [-0.3, -0.25) is 4.79 Å². The number of carbonyl (C=O) groups is 1. The van der Waals surface area contributed by atoms with Crippen LogP contribution in [0.15, 0.2) is 0 Å². The molecule has 1 N–H and O–H groups in total. The Kier molecular flexibility index (Phi) is 6.81. The molecule has 4 heteroatoms. The van der Waals surface area contributed by atoms with Crippen molar-refractivity contribution in [1.82, 2.24) is 5.32 Å². The zero-order valence-corrected chi connectivity index (χ0v) is 10.8. The van der Waals surface area contributed by atoms with Crippen LogP contribution in [-0.2, 0) is 9.53 Å². The van der Waals surface area contributed by atoms with Gasteiger partial charge in [-0.15, -0.1) is 11.6 Å². The van der Waals surface area contributed by atoms with Gasteiger partial charge in [-0.1, -0.05) is 12.8 Å². The van der Waals surface area contributed by atoms with E-state index in [9.17, 15) is 4.79 Å². The third-order valence-corrected chi connectivity index (χ3v) is 3.34. The summed E-state index contributed by atoms with van der Waals surface area (Å²) in [5.74, 6) is 0.953. The normalized spacial score (nSPS) is 24.6. The lowest BCUT2D eigenvalue weighted by molar-refractivity contribution is -0.126. The highest BCUT2D eigenvalue weighted by atomic mass is 35.5. The van der Waals surface area contributed by atoms with Gasteiger partial charge < -0.3 is 10.1 Å². The first-order valence-corrected chi connectivity index (χ1v) is 6.74. The maximum absolute atomic E-state index is 11.7. The van der Waals surface area contributed by atoms with Crippen molar-refractivity contribution in [2.75, 3.05) is 19.0 Å². The minimum absolute atomic E-state index is 0.0582. The van der Waals surface area contributed by atoms with Crippen molar-refractivity contribution in [3.05, 3.63) is 0 Å². The molecule has 0 radical (unpaired) electrons. The number of carbonyl (C=O) groups excluding carboxylic acids is 1. The van der Waals surface area contributed by atoms with Crippen LogP contribution in [0.5, 0.6) is 0 Å². The van der Waals surface area contributed by atoms with E-state index >= 15 is 0 Å². The topological polar surface area (TPSA) is 38.3 Å². The maximum atomic E-state index is 11.7. The predicted molar refractivity (Wildman–Crippen MR) is 65.7 cm³/mol. The lowest BCUT2D eigenvalue weighted by Gasteiger charge is -2.13. The molecule has 16 heavy (non-hydrogen) atoms. The fraction of sp³-hybridized carbons (Fsp3) is 0.917. The quantitative estimate of drug-likeness (QED) is 0.554. The molecule has 2 unspecified atom stereocenters. The van der Waals surface area contributed by atoms with Crippen molar-refractivity contribution in [3.8, 4) is 0 Å². The number of hydrogen-bond donors (Lipinski definition) is 1. The third kappa shape index (κ3) is 4.71. The SMILES string of the molecule is CC1OCCC1C(=O)NCCCCCCCl. The summed E-state index contributed by atoms with van der Waals surface area (Å²) in [6.45, 7) is 3.47. The molecular formula is C12H22ClNO2. The Labute approximate surface area is 103 Å². The van der Waals surface area contributed by atoms with E-state index in [0.29, 0.717) is 0 Å². The number of nitrogens with one attached hydrogen (secondary N) is 1. The van der Waals surface area contributed by atoms with Gasteiger partial charge in [0.25, 0.3) is 0 Å². The van der Waals surface area contributed by atoms with Gasteiger partial charge in [0, 0.05) is 19.0 Å². The molecule has 1 aliphatic heterocycles. The second-order valence-electron chi connectivity index (χ2n) is 4.37. The van der Waals surface area contributed by atoms with Crippen LogP contribution in [0, 0.1) is 5.92 Å². The van der Waals surface area contributed by atoms with Crippen LogP contribution in [0.2, 0.25) is 0 Å². The van der Waals surface area contributed by atoms with Crippen molar-refractivity contribution in [2.45, 2.75) is 45.1 Å². The van der Waals surface area contributed by atoms with Crippen LogP contribution in [0.1, 0.15) is 39.0 Å². The summed E-state index contributed by atoms with van der Waals surface area (Å²) in [5, 5.41) is 2.98. The smallest absolute Gasteiger partial charge is 0.225 e. The zero-order valence-electron chi connectivity index (χ0n) is 10.0. The molecule has 1 amide bonds. The number of hydrogen-bond acceptors (Lipinski definition) is 2. The minimum Gasteiger partial charge on any atom is -0.378 e. The summed E-state index contributed by atoms with van der Waals surface area (Å²) in [6, 6.07) is 0. The Bertz CT molecular complexity index is 211. The van der Waals surface area contributed by atoms with Gasteiger partial charge in [0.05, 0.1) is 12.0 Å². The van der Waals surface area contributed by atoms with Crippen molar-refractivity contribution in [2.24, 2.45) is 5.92 Å². The summed E-state index contributed by atoms with van der Waals surface area (Å²) in [5.41, 5.74) is 0. The Balaban J connectivity index is 2.02. The Hall–Kier alpha value is -0.280. The number of ether oxygens (including phenoxy) is 1. The molecule has 1 heterocycles. The summed E-state index contributed by atoms with van der Waals surface area (Å²) in [6.07, 6.45) is 5.36. The second-order valence-corrected chi connectivity index (χ2v) is 4.74.